The number of carbonyl (C=O) groups excluding carboxylic acids is 1. The van der Waals surface area contributed by atoms with Gasteiger partial charge in [-0.2, -0.15) is 0 Å². The van der Waals surface area contributed by atoms with Gasteiger partial charge in [0.05, 0.1) is 7.11 Å². The third kappa shape index (κ3) is 3.50. The molecule has 0 N–H and O–H groups in total. The Labute approximate surface area is 132 Å². The molecule has 0 saturated heterocycles. The first kappa shape index (κ1) is 16.9. The van der Waals surface area contributed by atoms with E-state index in [9.17, 15) is 4.79 Å². The van der Waals surface area contributed by atoms with Gasteiger partial charge in [0, 0.05) is 11.8 Å². The molecule has 1 heterocycles. The van der Waals surface area contributed by atoms with E-state index in [1.807, 2.05) is 33.8 Å². The zero-order valence-electron chi connectivity index (χ0n) is 13.1. The molecule has 0 aliphatic carbocycles. The molecule has 5 heteroatoms. The van der Waals surface area contributed by atoms with Crippen LogP contribution in [0.2, 0.25) is 0 Å². The molecular formula is C15H20LiNO3. The Hall–Kier alpha value is -1.11. The minimum absolute atomic E-state index is 0. The van der Waals surface area contributed by atoms with Gasteiger partial charge in [-0.3, -0.25) is 0 Å². The van der Waals surface area contributed by atoms with Crippen LogP contribution >= 0.6 is 0 Å². The summed E-state index contributed by atoms with van der Waals surface area (Å²) >= 11 is 0. The van der Waals surface area contributed by atoms with Gasteiger partial charge in [0.25, 0.3) is 0 Å². The largest absolute Gasteiger partial charge is 1.00 e. The summed E-state index contributed by atoms with van der Waals surface area (Å²) < 4.78 is 10.6. The summed E-state index contributed by atoms with van der Waals surface area (Å²) in [4.78, 5) is 13.9. The Bertz CT molecular complexity index is 496. The quantitative estimate of drug-likeness (QED) is 0.539. The second-order valence-electron chi connectivity index (χ2n) is 5.82. The number of carbonyl (C=O) groups is 1. The van der Waals surface area contributed by atoms with E-state index in [0.29, 0.717) is 5.75 Å². The topological polar surface area (TPSA) is 38.8 Å². The summed E-state index contributed by atoms with van der Waals surface area (Å²) in [6.45, 7) is 7.61. The van der Waals surface area contributed by atoms with Crippen molar-refractivity contribution in [2.45, 2.75) is 45.8 Å². The first-order chi connectivity index (χ1) is 8.81. The molecule has 1 aromatic carbocycles. The van der Waals surface area contributed by atoms with Gasteiger partial charge >= 0.3 is 25.0 Å². The molecule has 4 nitrogen and oxygen atoms in total. The summed E-state index contributed by atoms with van der Waals surface area (Å²) in [5, 5.41) is 0. The van der Waals surface area contributed by atoms with Crippen LogP contribution in [0.4, 0.5) is 10.5 Å². The van der Waals surface area contributed by atoms with E-state index < -0.39 is 5.60 Å². The predicted octanol–water partition coefficient (Wildman–Crippen LogP) is 0.185. The van der Waals surface area contributed by atoms with Crippen molar-refractivity contribution >= 4 is 11.8 Å². The van der Waals surface area contributed by atoms with Crippen molar-refractivity contribution in [3.05, 3.63) is 23.8 Å². The van der Waals surface area contributed by atoms with Crippen LogP contribution in [0.5, 0.6) is 5.75 Å². The minimum Gasteiger partial charge on any atom is -0.523 e. The number of hydrogen-bond acceptors (Lipinski definition) is 3. The maximum absolute atomic E-state index is 12.2. The van der Waals surface area contributed by atoms with Crippen LogP contribution in [-0.2, 0) is 11.2 Å². The second-order valence-corrected chi connectivity index (χ2v) is 5.82. The average Bonchev–Trinajstić information content (AvgIpc) is 2.61. The monoisotopic (exact) mass is 269 g/mol. The van der Waals surface area contributed by atoms with Crippen LogP contribution in [0, 0.1) is 6.07 Å². The molecule has 104 valence electrons. The van der Waals surface area contributed by atoms with Gasteiger partial charge in [0.2, 0.25) is 0 Å². The van der Waals surface area contributed by atoms with Crippen LogP contribution < -0.4 is 28.5 Å². The molecule has 2 rings (SSSR count). The fraction of sp³-hybridized carbons (Fsp3) is 0.533. The smallest absolute Gasteiger partial charge is 0.523 e. The van der Waals surface area contributed by atoms with Crippen molar-refractivity contribution < 1.29 is 33.1 Å². The first-order valence-electron chi connectivity index (χ1n) is 6.42. The van der Waals surface area contributed by atoms with Crippen molar-refractivity contribution in [2.24, 2.45) is 0 Å². The molecule has 1 aliphatic rings. The van der Waals surface area contributed by atoms with Gasteiger partial charge in [0.15, 0.2) is 0 Å². The molecule has 1 aliphatic heterocycles. The van der Waals surface area contributed by atoms with Gasteiger partial charge in [-0.05, 0) is 34.1 Å². The van der Waals surface area contributed by atoms with Crippen molar-refractivity contribution in [1.82, 2.24) is 0 Å². The number of anilines is 1. The minimum atomic E-state index is -0.490. The third-order valence-corrected chi connectivity index (χ3v) is 3.01. The fourth-order valence-corrected chi connectivity index (χ4v) is 2.25. The number of fused-ring (bicyclic) bond motifs is 1. The molecular weight excluding hydrogens is 249 g/mol. The predicted molar refractivity (Wildman–Crippen MR) is 73.7 cm³/mol. The van der Waals surface area contributed by atoms with Crippen LogP contribution in [-0.4, -0.2) is 24.8 Å². The number of methoxy groups -OCH3 is 1. The van der Waals surface area contributed by atoms with Crippen molar-refractivity contribution in [3.63, 3.8) is 0 Å². The normalized spacial score (nSPS) is 17.2. The third-order valence-electron chi connectivity index (χ3n) is 3.01. The molecule has 0 saturated carbocycles. The molecule has 1 aromatic rings. The zero-order chi connectivity index (χ0) is 14.2. The van der Waals surface area contributed by atoms with E-state index in [1.54, 1.807) is 18.1 Å². The Morgan fingerprint density at radius 2 is 2.10 bits per heavy atom. The van der Waals surface area contributed by atoms with Crippen molar-refractivity contribution in [1.29, 1.82) is 0 Å². The van der Waals surface area contributed by atoms with Crippen LogP contribution in [0.15, 0.2) is 12.1 Å². The summed E-state index contributed by atoms with van der Waals surface area (Å²) in [6, 6.07) is 6.82. The number of benzene rings is 1. The Morgan fingerprint density at radius 3 is 2.65 bits per heavy atom. The number of hydrogen-bond donors (Lipinski definition) is 0. The summed E-state index contributed by atoms with van der Waals surface area (Å²) in [6.07, 6.45) is 0.497. The van der Waals surface area contributed by atoms with E-state index in [-0.39, 0.29) is 31.0 Å². The second kappa shape index (κ2) is 6.11. The maximum Gasteiger partial charge on any atom is 1.00 e. The SMILES string of the molecule is COc1[c-]cc2c(c1)CC(C)N2C(=O)OC(C)(C)C.[Li+]. The summed E-state index contributed by atoms with van der Waals surface area (Å²) in [5.74, 6) is 0.692. The number of nitrogens with zero attached hydrogens (tertiary/aromatic N) is 1. The first-order valence-corrected chi connectivity index (χ1v) is 6.42. The maximum atomic E-state index is 12.2. The summed E-state index contributed by atoms with van der Waals surface area (Å²) in [5.41, 5.74) is 1.46. The van der Waals surface area contributed by atoms with Gasteiger partial charge in [-0.1, -0.05) is 5.69 Å². The van der Waals surface area contributed by atoms with Gasteiger partial charge in [-0.25, -0.2) is 4.79 Å². The average molecular weight is 269 g/mol. The number of rotatable bonds is 1. The number of amides is 1. The molecule has 0 bridgehead atoms. The fourth-order valence-electron chi connectivity index (χ4n) is 2.25. The van der Waals surface area contributed by atoms with Gasteiger partial charge in [0.1, 0.15) is 5.60 Å². The van der Waals surface area contributed by atoms with Crippen molar-refractivity contribution in [3.8, 4) is 5.75 Å². The molecule has 1 atom stereocenters. The van der Waals surface area contributed by atoms with E-state index in [1.165, 1.54) is 0 Å². The van der Waals surface area contributed by atoms with Gasteiger partial charge in [-0.15, -0.1) is 23.8 Å². The Balaban J connectivity index is 0.00000200. The van der Waals surface area contributed by atoms with Crippen LogP contribution in [0.3, 0.4) is 0 Å². The van der Waals surface area contributed by atoms with Crippen molar-refractivity contribution in [2.75, 3.05) is 12.0 Å². The van der Waals surface area contributed by atoms with Gasteiger partial charge < -0.3 is 14.4 Å². The van der Waals surface area contributed by atoms with E-state index in [4.69, 9.17) is 9.47 Å². The van der Waals surface area contributed by atoms with E-state index in [2.05, 4.69) is 6.07 Å². The van der Waals surface area contributed by atoms with Crippen LogP contribution in [0.25, 0.3) is 0 Å². The molecule has 0 fully saturated rings. The Kier molecular flexibility index (Phi) is 5.18. The Morgan fingerprint density at radius 1 is 1.45 bits per heavy atom. The van der Waals surface area contributed by atoms with E-state index in [0.717, 1.165) is 17.7 Å². The number of ether oxygens (including phenoxy) is 2. The summed E-state index contributed by atoms with van der Waals surface area (Å²) in [7, 11) is 1.61. The molecule has 0 radical (unpaired) electrons. The zero-order valence-corrected chi connectivity index (χ0v) is 13.1. The molecule has 20 heavy (non-hydrogen) atoms. The molecule has 0 spiro atoms. The molecule has 0 aromatic heterocycles. The standard InChI is InChI=1S/C15H20NO3.Li/c1-10-8-11-9-12(18-5)6-7-13(11)16(10)14(17)19-15(2,3)4;/h7,9-10H,8H2,1-5H3;/q-1;+1. The van der Waals surface area contributed by atoms with E-state index >= 15 is 0 Å². The van der Waals surface area contributed by atoms with Crippen LogP contribution in [0.1, 0.15) is 33.3 Å². The molecule has 1 amide bonds. The molecule has 1 unspecified atom stereocenters.